The average Bonchev–Trinajstić information content (AvgIpc) is 2.42. The smallest absolute Gasteiger partial charge is 0.360 e. The standard InChI is InChI=1S/C14H14N2O4/c1-9-7-16(15-12(13(9)17)14(18)19)11-6-4-3-5-10(11)8-20-2/h3-7H,8H2,1-2H3,(H,18,19). The number of aromatic carboxylic acids is 1. The molecule has 0 radical (unpaired) electrons. The van der Waals surface area contributed by atoms with Crippen LogP contribution in [0.2, 0.25) is 0 Å². The molecule has 6 heteroatoms. The van der Waals surface area contributed by atoms with Crippen LogP contribution < -0.4 is 5.43 Å². The topological polar surface area (TPSA) is 81.4 Å². The molecule has 0 aliphatic carbocycles. The van der Waals surface area contributed by atoms with E-state index in [2.05, 4.69) is 5.10 Å². The number of methoxy groups -OCH3 is 1. The fraction of sp³-hybridized carbons (Fsp3) is 0.214. The first-order valence-electron chi connectivity index (χ1n) is 5.95. The quantitative estimate of drug-likeness (QED) is 0.911. The highest BCUT2D eigenvalue weighted by Crippen LogP contribution is 2.14. The number of hydrogen-bond acceptors (Lipinski definition) is 4. The molecule has 0 saturated heterocycles. The van der Waals surface area contributed by atoms with Crippen LogP contribution in [-0.2, 0) is 11.3 Å². The van der Waals surface area contributed by atoms with E-state index in [1.807, 2.05) is 18.2 Å². The molecule has 2 aromatic rings. The van der Waals surface area contributed by atoms with Crippen LogP contribution in [0.1, 0.15) is 21.6 Å². The number of para-hydroxylation sites is 1. The maximum Gasteiger partial charge on any atom is 0.360 e. The number of nitrogens with zero attached hydrogens (tertiary/aromatic N) is 2. The van der Waals surface area contributed by atoms with Crippen molar-refractivity contribution in [2.45, 2.75) is 13.5 Å². The molecule has 0 aliphatic rings. The summed E-state index contributed by atoms with van der Waals surface area (Å²) in [7, 11) is 1.57. The SMILES string of the molecule is COCc1ccccc1-n1cc(C)c(=O)c(C(=O)O)n1. The minimum Gasteiger partial charge on any atom is -0.476 e. The first-order valence-corrected chi connectivity index (χ1v) is 5.95. The molecule has 1 heterocycles. The number of aromatic nitrogens is 2. The molecule has 1 aromatic heterocycles. The highest BCUT2D eigenvalue weighted by Gasteiger charge is 2.15. The fourth-order valence-corrected chi connectivity index (χ4v) is 1.89. The number of benzene rings is 1. The van der Waals surface area contributed by atoms with E-state index < -0.39 is 17.1 Å². The van der Waals surface area contributed by atoms with Gasteiger partial charge in [-0.05, 0) is 13.0 Å². The Morgan fingerprint density at radius 3 is 2.75 bits per heavy atom. The zero-order valence-electron chi connectivity index (χ0n) is 11.2. The molecule has 0 fully saturated rings. The highest BCUT2D eigenvalue weighted by molar-refractivity contribution is 5.85. The summed E-state index contributed by atoms with van der Waals surface area (Å²) in [5, 5.41) is 12.9. The van der Waals surface area contributed by atoms with E-state index in [0.717, 1.165) is 5.56 Å². The number of hydrogen-bond donors (Lipinski definition) is 1. The van der Waals surface area contributed by atoms with Gasteiger partial charge in [0.1, 0.15) is 0 Å². The summed E-state index contributed by atoms with van der Waals surface area (Å²) in [6.45, 7) is 1.93. The van der Waals surface area contributed by atoms with Crippen molar-refractivity contribution >= 4 is 5.97 Å². The molecule has 0 unspecified atom stereocenters. The summed E-state index contributed by atoms with van der Waals surface area (Å²) in [5.74, 6) is -1.34. The van der Waals surface area contributed by atoms with Crippen molar-refractivity contribution in [1.82, 2.24) is 9.78 Å². The van der Waals surface area contributed by atoms with Gasteiger partial charge in [-0.15, -0.1) is 0 Å². The molecule has 6 nitrogen and oxygen atoms in total. The van der Waals surface area contributed by atoms with Gasteiger partial charge in [-0.2, -0.15) is 5.10 Å². The van der Waals surface area contributed by atoms with E-state index in [4.69, 9.17) is 9.84 Å². The molecule has 0 spiro atoms. The first-order chi connectivity index (χ1) is 9.54. The zero-order chi connectivity index (χ0) is 14.7. The summed E-state index contributed by atoms with van der Waals surface area (Å²) in [6.07, 6.45) is 1.52. The lowest BCUT2D eigenvalue weighted by atomic mass is 10.2. The van der Waals surface area contributed by atoms with E-state index in [-0.39, 0.29) is 0 Å². The van der Waals surface area contributed by atoms with Crippen molar-refractivity contribution < 1.29 is 14.6 Å². The average molecular weight is 274 g/mol. The summed E-state index contributed by atoms with van der Waals surface area (Å²) in [6, 6.07) is 7.31. The molecule has 0 amide bonds. The van der Waals surface area contributed by atoms with E-state index in [0.29, 0.717) is 17.9 Å². The van der Waals surface area contributed by atoms with Crippen molar-refractivity contribution in [3.8, 4) is 5.69 Å². The normalized spacial score (nSPS) is 10.5. The van der Waals surface area contributed by atoms with Crippen LogP contribution in [0.25, 0.3) is 5.69 Å². The number of carboxylic acid groups (broad SMARTS) is 1. The van der Waals surface area contributed by atoms with Crippen LogP contribution in [-0.4, -0.2) is 28.0 Å². The van der Waals surface area contributed by atoms with Crippen LogP contribution in [0.5, 0.6) is 0 Å². The van der Waals surface area contributed by atoms with Gasteiger partial charge in [0.15, 0.2) is 0 Å². The van der Waals surface area contributed by atoms with E-state index >= 15 is 0 Å². The lowest BCUT2D eigenvalue weighted by Crippen LogP contribution is -2.23. The Balaban J connectivity index is 2.65. The summed E-state index contributed by atoms with van der Waals surface area (Å²) in [4.78, 5) is 22.8. The lowest BCUT2D eigenvalue weighted by Gasteiger charge is -2.12. The predicted molar refractivity (Wildman–Crippen MR) is 72.2 cm³/mol. The van der Waals surface area contributed by atoms with Gasteiger partial charge in [0.2, 0.25) is 11.1 Å². The van der Waals surface area contributed by atoms with Gasteiger partial charge < -0.3 is 9.84 Å². The van der Waals surface area contributed by atoms with Crippen molar-refractivity contribution in [3.05, 3.63) is 57.5 Å². The number of carbonyl (C=O) groups is 1. The number of rotatable bonds is 4. The monoisotopic (exact) mass is 274 g/mol. The predicted octanol–water partition coefficient (Wildman–Crippen LogP) is 1.39. The second-order valence-corrected chi connectivity index (χ2v) is 4.30. The van der Waals surface area contributed by atoms with Crippen LogP contribution in [0, 0.1) is 6.92 Å². The summed E-state index contributed by atoms with van der Waals surface area (Å²) >= 11 is 0. The molecule has 1 N–H and O–H groups in total. The molecule has 0 saturated carbocycles. The first kappa shape index (κ1) is 14.0. The van der Waals surface area contributed by atoms with Gasteiger partial charge in [-0.3, -0.25) is 4.79 Å². The van der Waals surface area contributed by atoms with Crippen LogP contribution in [0.3, 0.4) is 0 Å². The third kappa shape index (κ3) is 2.60. The van der Waals surface area contributed by atoms with E-state index in [1.165, 1.54) is 10.9 Å². The van der Waals surface area contributed by atoms with Gasteiger partial charge >= 0.3 is 5.97 Å². The Morgan fingerprint density at radius 1 is 1.40 bits per heavy atom. The Hall–Kier alpha value is -2.47. The molecule has 0 bridgehead atoms. The van der Waals surface area contributed by atoms with Crippen LogP contribution in [0.4, 0.5) is 0 Å². The second kappa shape index (κ2) is 5.66. The van der Waals surface area contributed by atoms with Gasteiger partial charge in [-0.25, -0.2) is 9.48 Å². The van der Waals surface area contributed by atoms with E-state index in [1.54, 1.807) is 20.1 Å². The maximum atomic E-state index is 11.7. The molecule has 104 valence electrons. The van der Waals surface area contributed by atoms with E-state index in [9.17, 15) is 9.59 Å². The molecule has 20 heavy (non-hydrogen) atoms. The van der Waals surface area contributed by atoms with Crippen LogP contribution >= 0.6 is 0 Å². The minimum atomic E-state index is -1.34. The van der Waals surface area contributed by atoms with Gasteiger partial charge in [-0.1, -0.05) is 18.2 Å². The Kier molecular flexibility index (Phi) is 3.95. The van der Waals surface area contributed by atoms with Crippen molar-refractivity contribution in [3.63, 3.8) is 0 Å². The van der Waals surface area contributed by atoms with Crippen molar-refractivity contribution in [2.24, 2.45) is 0 Å². The molecular formula is C14H14N2O4. The largest absolute Gasteiger partial charge is 0.476 e. The van der Waals surface area contributed by atoms with Gasteiger partial charge in [0, 0.05) is 24.4 Å². The molecule has 0 atom stereocenters. The number of ether oxygens (including phenoxy) is 1. The Morgan fingerprint density at radius 2 is 2.10 bits per heavy atom. The Bertz CT molecular complexity index is 707. The van der Waals surface area contributed by atoms with Crippen molar-refractivity contribution in [2.75, 3.05) is 7.11 Å². The molecule has 2 rings (SSSR count). The van der Waals surface area contributed by atoms with Crippen molar-refractivity contribution in [1.29, 1.82) is 0 Å². The molecular weight excluding hydrogens is 260 g/mol. The second-order valence-electron chi connectivity index (χ2n) is 4.30. The molecule has 1 aromatic carbocycles. The summed E-state index contributed by atoms with van der Waals surface area (Å²) < 4.78 is 6.50. The lowest BCUT2D eigenvalue weighted by molar-refractivity contribution is 0.0686. The summed E-state index contributed by atoms with van der Waals surface area (Å²) in [5.41, 5.74) is 0.793. The number of aryl methyl sites for hydroxylation is 1. The van der Waals surface area contributed by atoms with Gasteiger partial charge in [0.05, 0.1) is 12.3 Å². The highest BCUT2D eigenvalue weighted by atomic mass is 16.5. The minimum absolute atomic E-state index is 0.324. The van der Waals surface area contributed by atoms with Crippen LogP contribution in [0.15, 0.2) is 35.3 Å². The fourth-order valence-electron chi connectivity index (χ4n) is 1.89. The third-order valence-electron chi connectivity index (χ3n) is 2.84. The number of carboxylic acids is 1. The maximum absolute atomic E-state index is 11.7. The third-order valence-corrected chi connectivity index (χ3v) is 2.84. The van der Waals surface area contributed by atoms with Gasteiger partial charge in [0.25, 0.3) is 0 Å². The Labute approximate surface area is 115 Å². The zero-order valence-corrected chi connectivity index (χ0v) is 11.2. The molecule has 0 aliphatic heterocycles.